The molecule has 1 unspecified atom stereocenters. The number of halogens is 3. The summed E-state index contributed by atoms with van der Waals surface area (Å²) in [4.78, 5) is 0. The summed E-state index contributed by atoms with van der Waals surface area (Å²) in [6, 6.07) is 3.01. The average Bonchev–Trinajstić information content (AvgIpc) is 2.11. The first kappa shape index (κ1) is 13.1. The molecule has 2 N–H and O–H groups in total. The van der Waals surface area contributed by atoms with Gasteiger partial charge in [-0.1, -0.05) is 6.92 Å². The fraction of sp³-hybridized carbons (Fsp3) is 0.333. The summed E-state index contributed by atoms with van der Waals surface area (Å²) in [5.74, 6) is -1.29. The second kappa shape index (κ2) is 5.78. The summed E-state index contributed by atoms with van der Waals surface area (Å²) >= 11 is 0. The number of benzene rings is 1. The molecular weight excluding hydrogens is 212 g/mol. The topological polar surface area (TPSA) is 35.2 Å². The Balaban J connectivity index is 0.00000169. The third kappa shape index (κ3) is 3.47. The number of rotatable bonds is 3. The first-order valence-corrected chi connectivity index (χ1v) is 4.00. The number of hydrogen-bond acceptors (Lipinski definition) is 2. The number of hydrogen-bond donors (Lipinski definition) is 1. The highest BCUT2D eigenvalue weighted by Gasteiger charge is 2.07. The maximum absolute atomic E-state index is 12.9. The summed E-state index contributed by atoms with van der Waals surface area (Å²) in [5, 5.41) is 0. The first-order chi connectivity index (χ1) is 6.13. The highest BCUT2D eigenvalue weighted by atomic mass is 35.5. The Morgan fingerprint density at radius 1 is 1.43 bits per heavy atom. The van der Waals surface area contributed by atoms with Crippen molar-refractivity contribution < 1.29 is 13.5 Å². The van der Waals surface area contributed by atoms with Gasteiger partial charge in [-0.2, -0.15) is 0 Å². The Morgan fingerprint density at radius 2 is 2.07 bits per heavy atom. The molecule has 0 saturated carbocycles. The zero-order valence-corrected chi connectivity index (χ0v) is 8.48. The van der Waals surface area contributed by atoms with Gasteiger partial charge in [-0.05, 0) is 18.6 Å². The summed E-state index contributed by atoms with van der Waals surface area (Å²) < 4.78 is 30.5. The van der Waals surface area contributed by atoms with E-state index in [4.69, 9.17) is 10.5 Å². The van der Waals surface area contributed by atoms with Gasteiger partial charge in [-0.3, -0.25) is 5.73 Å². The van der Waals surface area contributed by atoms with Crippen LogP contribution in [0.25, 0.3) is 0 Å². The van der Waals surface area contributed by atoms with E-state index in [1.54, 1.807) is 6.92 Å². The van der Waals surface area contributed by atoms with Crippen molar-refractivity contribution in [2.75, 3.05) is 0 Å². The van der Waals surface area contributed by atoms with Crippen LogP contribution in [0.4, 0.5) is 8.78 Å². The molecule has 0 saturated heterocycles. The second-order valence-corrected chi connectivity index (χ2v) is 2.64. The lowest BCUT2D eigenvalue weighted by Crippen LogP contribution is -2.26. The van der Waals surface area contributed by atoms with E-state index in [-0.39, 0.29) is 18.2 Å². The molecule has 0 fully saturated rings. The molecule has 0 spiro atoms. The Kier molecular flexibility index (Phi) is 5.42. The quantitative estimate of drug-likeness (QED) is 0.799. The van der Waals surface area contributed by atoms with Crippen LogP contribution in [0.5, 0.6) is 5.75 Å². The SMILES string of the molecule is CCC(N)Oc1cc(F)ccc1F.Cl. The molecule has 1 rings (SSSR count). The third-order valence-electron chi connectivity index (χ3n) is 1.57. The van der Waals surface area contributed by atoms with Crippen molar-refractivity contribution in [3.05, 3.63) is 29.8 Å². The van der Waals surface area contributed by atoms with Crippen LogP contribution >= 0.6 is 12.4 Å². The summed E-state index contributed by atoms with van der Waals surface area (Å²) in [6.45, 7) is 1.79. The van der Waals surface area contributed by atoms with Crippen molar-refractivity contribution in [3.8, 4) is 5.75 Å². The van der Waals surface area contributed by atoms with Crippen LogP contribution in [-0.2, 0) is 0 Å². The molecule has 14 heavy (non-hydrogen) atoms. The van der Waals surface area contributed by atoms with Crippen molar-refractivity contribution in [1.29, 1.82) is 0 Å². The number of ether oxygens (including phenoxy) is 1. The lowest BCUT2D eigenvalue weighted by Gasteiger charge is -2.12. The molecule has 0 bridgehead atoms. The highest BCUT2D eigenvalue weighted by molar-refractivity contribution is 5.85. The lowest BCUT2D eigenvalue weighted by molar-refractivity contribution is 0.195. The van der Waals surface area contributed by atoms with E-state index in [0.29, 0.717) is 6.42 Å². The van der Waals surface area contributed by atoms with Gasteiger partial charge in [0, 0.05) is 6.07 Å². The van der Waals surface area contributed by atoms with Crippen molar-refractivity contribution >= 4 is 12.4 Å². The summed E-state index contributed by atoms with van der Waals surface area (Å²) in [6.07, 6.45) is -0.0630. The highest BCUT2D eigenvalue weighted by Crippen LogP contribution is 2.18. The van der Waals surface area contributed by atoms with Crippen LogP contribution in [-0.4, -0.2) is 6.23 Å². The van der Waals surface area contributed by atoms with Crippen molar-refractivity contribution in [2.24, 2.45) is 5.73 Å². The van der Waals surface area contributed by atoms with Gasteiger partial charge < -0.3 is 4.74 Å². The van der Waals surface area contributed by atoms with Crippen LogP contribution in [0.15, 0.2) is 18.2 Å². The van der Waals surface area contributed by atoms with E-state index in [1.807, 2.05) is 0 Å². The largest absolute Gasteiger partial charge is 0.472 e. The summed E-state index contributed by atoms with van der Waals surface area (Å²) in [5.41, 5.74) is 5.41. The predicted molar refractivity (Wildman–Crippen MR) is 52.5 cm³/mol. The van der Waals surface area contributed by atoms with E-state index in [2.05, 4.69) is 0 Å². The molecular formula is C9H12ClF2NO. The molecule has 0 aliphatic carbocycles. The summed E-state index contributed by atoms with van der Waals surface area (Å²) in [7, 11) is 0. The van der Waals surface area contributed by atoms with Crippen LogP contribution in [0, 0.1) is 11.6 Å². The molecule has 1 aromatic carbocycles. The van der Waals surface area contributed by atoms with Gasteiger partial charge in [0.2, 0.25) is 0 Å². The van der Waals surface area contributed by atoms with Crippen LogP contribution in [0.2, 0.25) is 0 Å². The van der Waals surface area contributed by atoms with Gasteiger partial charge >= 0.3 is 0 Å². The Bertz CT molecular complexity index is 296. The van der Waals surface area contributed by atoms with E-state index in [9.17, 15) is 8.78 Å². The molecule has 0 amide bonds. The zero-order valence-electron chi connectivity index (χ0n) is 7.67. The molecule has 5 heteroatoms. The van der Waals surface area contributed by atoms with Crippen LogP contribution < -0.4 is 10.5 Å². The molecule has 80 valence electrons. The lowest BCUT2D eigenvalue weighted by atomic mass is 10.3. The molecule has 0 heterocycles. The molecule has 1 atom stereocenters. The average molecular weight is 224 g/mol. The van der Waals surface area contributed by atoms with Crippen molar-refractivity contribution in [2.45, 2.75) is 19.6 Å². The van der Waals surface area contributed by atoms with E-state index in [0.717, 1.165) is 18.2 Å². The zero-order chi connectivity index (χ0) is 9.84. The normalized spacial score (nSPS) is 11.7. The second-order valence-electron chi connectivity index (χ2n) is 2.64. The standard InChI is InChI=1S/C9H11F2NO.ClH/c1-2-9(12)13-8-5-6(10)3-4-7(8)11;/h3-5,9H,2,12H2,1H3;1H. The van der Waals surface area contributed by atoms with E-state index >= 15 is 0 Å². The van der Waals surface area contributed by atoms with Gasteiger partial charge in [0.05, 0.1) is 0 Å². The first-order valence-electron chi connectivity index (χ1n) is 4.00. The molecule has 2 nitrogen and oxygen atoms in total. The van der Waals surface area contributed by atoms with Crippen LogP contribution in [0.1, 0.15) is 13.3 Å². The fourth-order valence-corrected chi connectivity index (χ4v) is 0.814. The number of nitrogens with two attached hydrogens (primary N) is 1. The minimum Gasteiger partial charge on any atom is -0.472 e. The monoisotopic (exact) mass is 223 g/mol. The van der Waals surface area contributed by atoms with Gasteiger partial charge in [0.15, 0.2) is 11.6 Å². The molecule has 0 aliphatic rings. The molecule has 0 radical (unpaired) electrons. The minimum absolute atomic E-state index is 0. The van der Waals surface area contributed by atoms with Crippen molar-refractivity contribution in [1.82, 2.24) is 0 Å². The molecule has 1 aromatic rings. The fourth-order valence-electron chi connectivity index (χ4n) is 0.814. The molecule has 0 aromatic heterocycles. The smallest absolute Gasteiger partial charge is 0.165 e. The van der Waals surface area contributed by atoms with Gasteiger partial charge in [0.1, 0.15) is 12.0 Å². The maximum atomic E-state index is 12.9. The van der Waals surface area contributed by atoms with Gasteiger partial charge in [-0.25, -0.2) is 8.78 Å². The predicted octanol–water partition coefficient (Wildman–Crippen LogP) is 2.46. The third-order valence-corrected chi connectivity index (χ3v) is 1.57. The van der Waals surface area contributed by atoms with E-state index < -0.39 is 17.9 Å². The van der Waals surface area contributed by atoms with Gasteiger partial charge in [-0.15, -0.1) is 12.4 Å². The van der Waals surface area contributed by atoms with E-state index in [1.165, 1.54) is 0 Å². The molecule has 0 aliphatic heterocycles. The Hall–Kier alpha value is -0.870. The maximum Gasteiger partial charge on any atom is 0.165 e. The van der Waals surface area contributed by atoms with Crippen LogP contribution in [0.3, 0.4) is 0 Å². The Labute approximate surface area is 87.5 Å². The Morgan fingerprint density at radius 3 is 2.64 bits per heavy atom. The van der Waals surface area contributed by atoms with Crippen molar-refractivity contribution in [3.63, 3.8) is 0 Å². The minimum atomic E-state index is -0.606. The van der Waals surface area contributed by atoms with Gasteiger partial charge in [0.25, 0.3) is 0 Å².